The summed E-state index contributed by atoms with van der Waals surface area (Å²) in [7, 11) is -3.56. The number of carbonyl (C=O) groups is 1. The lowest BCUT2D eigenvalue weighted by Crippen LogP contribution is -2.31. The average Bonchev–Trinajstić information content (AvgIpc) is 3.23. The van der Waals surface area contributed by atoms with Gasteiger partial charge in [0.25, 0.3) is 5.91 Å². The van der Waals surface area contributed by atoms with E-state index < -0.39 is 10.0 Å². The molecule has 0 aliphatic carbocycles. The molecular formula is C22H25N3O3S2. The lowest BCUT2D eigenvalue weighted by molar-refractivity contribution is 0.102. The van der Waals surface area contributed by atoms with E-state index in [-0.39, 0.29) is 10.8 Å². The van der Waals surface area contributed by atoms with Crippen molar-refractivity contribution in [2.45, 2.75) is 31.6 Å². The molecule has 30 heavy (non-hydrogen) atoms. The summed E-state index contributed by atoms with van der Waals surface area (Å²) < 4.78 is 27.1. The predicted molar refractivity (Wildman–Crippen MR) is 121 cm³/mol. The molecule has 0 saturated heterocycles. The highest BCUT2D eigenvalue weighted by atomic mass is 32.2. The molecule has 158 valence electrons. The first-order chi connectivity index (χ1) is 14.5. The van der Waals surface area contributed by atoms with Crippen molar-refractivity contribution in [2.75, 3.05) is 18.4 Å². The summed E-state index contributed by atoms with van der Waals surface area (Å²) in [5.41, 5.74) is 2.15. The van der Waals surface area contributed by atoms with Crippen LogP contribution in [0.5, 0.6) is 0 Å². The van der Waals surface area contributed by atoms with E-state index in [1.807, 2.05) is 49.6 Å². The van der Waals surface area contributed by atoms with Crippen molar-refractivity contribution < 1.29 is 13.2 Å². The molecular weight excluding hydrogens is 418 g/mol. The maximum absolute atomic E-state index is 12.8. The molecule has 0 saturated carbocycles. The number of nitrogens with zero attached hydrogens (tertiary/aromatic N) is 2. The van der Waals surface area contributed by atoms with Gasteiger partial charge in [-0.15, -0.1) is 11.3 Å². The van der Waals surface area contributed by atoms with Gasteiger partial charge < -0.3 is 0 Å². The molecule has 2 aromatic carbocycles. The number of hydrogen-bond acceptors (Lipinski definition) is 5. The van der Waals surface area contributed by atoms with E-state index in [9.17, 15) is 13.2 Å². The molecule has 3 aromatic rings. The number of benzene rings is 2. The van der Waals surface area contributed by atoms with Crippen LogP contribution in [0.2, 0.25) is 0 Å². The second-order valence-corrected chi connectivity index (χ2v) is 9.53. The maximum Gasteiger partial charge on any atom is 0.257 e. The molecule has 1 aromatic heterocycles. The van der Waals surface area contributed by atoms with E-state index in [0.717, 1.165) is 24.1 Å². The van der Waals surface area contributed by atoms with Gasteiger partial charge in [0.05, 0.1) is 10.6 Å². The summed E-state index contributed by atoms with van der Waals surface area (Å²) in [5.74, 6) is -0.328. The number of sulfonamides is 1. The van der Waals surface area contributed by atoms with Crippen molar-refractivity contribution >= 4 is 32.4 Å². The van der Waals surface area contributed by atoms with Gasteiger partial charge in [-0.05, 0) is 30.7 Å². The van der Waals surface area contributed by atoms with Crippen molar-refractivity contribution in [2.24, 2.45) is 0 Å². The van der Waals surface area contributed by atoms with Gasteiger partial charge in [-0.25, -0.2) is 13.4 Å². The van der Waals surface area contributed by atoms with Crippen LogP contribution in [0.25, 0.3) is 11.3 Å². The first kappa shape index (κ1) is 22.1. The summed E-state index contributed by atoms with van der Waals surface area (Å²) in [6, 6.07) is 15.7. The minimum atomic E-state index is -3.56. The fourth-order valence-corrected chi connectivity index (χ4v) is 5.15. The van der Waals surface area contributed by atoms with Crippen molar-refractivity contribution in [1.29, 1.82) is 0 Å². The van der Waals surface area contributed by atoms with E-state index in [0.29, 0.717) is 23.8 Å². The highest BCUT2D eigenvalue weighted by Crippen LogP contribution is 2.25. The molecule has 0 aliphatic heterocycles. The van der Waals surface area contributed by atoms with E-state index in [1.54, 1.807) is 0 Å². The molecule has 3 rings (SSSR count). The van der Waals surface area contributed by atoms with Crippen LogP contribution in [0.3, 0.4) is 0 Å². The summed E-state index contributed by atoms with van der Waals surface area (Å²) in [4.78, 5) is 17.2. The second-order valence-electron chi connectivity index (χ2n) is 6.73. The lowest BCUT2D eigenvalue weighted by Gasteiger charge is -2.20. The maximum atomic E-state index is 12.8. The van der Waals surface area contributed by atoms with Crippen LogP contribution in [0.4, 0.5) is 5.13 Å². The number of anilines is 1. The Kier molecular flexibility index (Phi) is 7.36. The number of carbonyl (C=O) groups excluding carboxylic acids is 1. The van der Waals surface area contributed by atoms with Crippen LogP contribution in [0, 0.1) is 0 Å². The fourth-order valence-electron chi connectivity index (χ4n) is 2.95. The zero-order valence-corrected chi connectivity index (χ0v) is 18.7. The third-order valence-corrected chi connectivity index (χ3v) is 7.41. The predicted octanol–water partition coefficient (Wildman–Crippen LogP) is 4.87. The highest BCUT2D eigenvalue weighted by molar-refractivity contribution is 7.89. The minimum Gasteiger partial charge on any atom is -0.298 e. The van der Waals surface area contributed by atoms with Crippen molar-refractivity contribution in [3.8, 4) is 11.3 Å². The highest BCUT2D eigenvalue weighted by Gasteiger charge is 2.22. The first-order valence-corrected chi connectivity index (χ1v) is 12.2. The van der Waals surface area contributed by atoms with Crippen LogP contribution >= 0.6 is 11.3 Å². The fraction of sp³-hybridized carbons (Fsp3) is 0.273. The Morgan fingerprint density at radius 3 is 2.40 bits per heavy atom. The number of unbranched alkanes of at least 4 members (excludes halogenated alkanes) is 1. The molecule has 6 nitrogen and oxygen atoms in total. The van der Waals surface area contributed by atoms with Crippen molar-refractivity contribution in [3.63, 3.8) is 0 Å². The van der Waals surface area contributed by atoms with Gasteiger partial charge in [-0.1, -0.05) is 50.6 Å². The Bertz CT molecular complexity index is 1080. The van der Waals surface area contributed by atoms with Gasteiger partial charge in [0.15, 0.2) is 5.13 Å². The Morgan fingerprint density at radius 2 is 1.77 bits per heavy atom. The van der Waals surface area contributed by atoms with E-state index in [4.69, 9.17) is 0 Å². The summed E-state index contributed by atoms with van der Waals surface area (Å²) in [6.45, 7) is 4.76. The minimum absolute atomic E-state index is 0.192. The molecule has 8 heteroatoms. The second kappa shape index (κ2) is 9.97. The number of rotatable bonds is 9. The largest absolute Gasteiger partial charge is 0.298 e. The molecule has 0 atom stereocenters. The Balaban J connectivity index is 1.70. The molecule has 0 radical (unpaired) electrons. The number of aromatic nitrogens is 1. The van der Waals surface area contributed by atoms with Crippen LogP contribution in [0.1, 0.15) is 37.0 Å². The van der Waals surface area contributed by atoms with Gasteiger partial charge in [0.1, 0.15) is 0 Å². The molecule has 0 bridgehead atoms. The van der Waals surface area contributed by atoms with Crippen LogP contribution in [0.15, 0.2) is 64.9 Å². The van der Waals surface area contributed by atoms with Gasteiger partial charge in [0, 0.05) is 29.6 Å². The van der Waals surface area contributed by atoms with Crippen LogP contribution < -0.4 is 5.32 Å². The smallest absolute Gasteiger partial charge is 0.257 e. The van der Waals surface area contributed by atoms with Crippen molar-refractivity contribution in [3.05, 3.63) is 65.5 Å². The lowest BCUT2D eigenvalue weighted by atomic mass is 10.2. The number of amides is 1. The Hall–Kier alpha value is -2.55. The standard InChI is InChI=1S/C22H25N3O3S2/c1-3-5-15-25(4-2)30(27,28)19-13-11-18(12-14-19)21(26)24-22-23-20(16-29-22)17-9-7-6-8-10-17/h6-14,16H,3-5,15H2,1-2H3,(H,23,24,26). The average molecular weight is 444 g/mol. The molecule has 0 spiro atoms. The molecule has 1 N–H and O–H groups in total. The van der Waals surface area contributed by atoms with Crippen molar-refractivity contribution in [1.82, 2.24) is 9.29 Å². The van der Waals surface area contributed by atoms with Gasteiger partial charge >= 0.3 is 0 Å². The molecule has 0 fully saturated rings. The van der Waals surface area contributed by atoms with E-state index in [2.05, 4.69) is 10.3 Å². The number of nitrogens with one attached hydrogen (secondary N) is 1. The topological polar surface area (TPSA) is 79.4 Å². The molecule has 1 amide bonds. The number of hydrogen-bond donors (Lipinski definition) is 1. The number of thiazole rings is 1. The zero-order valence-electron chi connectivity index (χ0n) is 17.0. The molecule has 0 unspecified atom stereocenters. The van der Waals surface area contributed by atoms with Gasteiger partial charge in [-0.2, -0.15) is 4.31 Å². The van der Waals surface area contributed by atoms with E-state index in [1.165, 1.54) is 39.9 Å². The summed E-state index contributed by atoms with van der Waals surface area (Å²) >= 11 is 1.34. The Morgan fingerprint density at radius 1 is 1.07 bits per heavy atom. The Labute approximate surface area is 181 Å². The quantitative estimate of drug-likeness (QED) is 0.511. The van der Waals surface area contributed by atoms with Crippen LogP contribution in [-0.4, -0.2) is 36.7 Å². The third kappa shape index (κ3) is 5.13. The molecule has 1 heterocycles. The normalized spacial score (nSPS) is 11.6. The van der Waals surface area contributed by atoms with E-state index >= 15 is 0 Å². The zero-order chi connectivity index (χ0) is 21.6. The molecule has 0 aliphatic rings. The summed E-state index contributed by atoms with van der Waals surface area (Å²) in [6.07, 6.45) is 1.74. The first-order valence-electron chi connectivity index (χ1n) is 9.88. The monoisotopic (exact) mass is 443 g/mol. The van der Waals surface area contributed by atoms with Gasteiger partial charge in [-0.3, -0.25) is 10.1 Å². The van der Waals surface area contributed by atoms with Gasteiger partial charge in [0.2, 0.25) is 10.0 Å². The third-order valence-electron chi connectivity index (χ3n) is 4.66. The summed E-state index contributed by atoms with van der Waals surface area (Å²) in [5, 5.41) is 5.16. The van der Waals surface area contributed by atoms with Crippen LogP contribution in [-0.2, 0) is 10.0 Å². The SMILES string of the molecule is CCCCN(CC)S(=O)(=O)c1ccc(C(=O)Nc2nc(-c3ccccc3)cs2)cc1.